The van der Waals surface area contributed by atoms with Crippen LogP contribution in [-0.2, 0) is 6.54 Å². The van der Waals surface area contributed by atoms with Gasteiger partial charge >= 0.3 is 0 Å². The van der Waals surface area contributed by atoms with E-state index < -0.39 is 6.04 Å². The summed E-state index contributed by atoms with van der Waals surface area (Å²) in [5.74, 6) is -0.0231. The normalized spacial score (nSPS) is 12.3. The van der Waals surface area contributed by atoms with Crippen molar-refractivity contribution in [2.24, 2.45) is 5.73 Å². The molecule has 0 saturated heterocycles. The Hall–Kier alpha value is -2.12. The molecule has 1 aromatic heterocycles. The third kappa shape index (κ3) is 2.84. The first-order chi connectivity index (χ1) is 9.97. The van der Waals surface area contributed by atoms with Gasteiger partial charge in [0.15, 0.2) is 5.11 Å². The van der Waals surface area contributed by atoms with Crippen LogP contribution in [0.2, 0.25) is 0 Å². The number of para-hydroxylation sites is 1. The van der Waals surface area contributed by atoms with Gasteiger partial charge in [0.25, 0.3) is 5.56 Å². The number of nitrogens with zero attached hydrogens (tertiary/aromatic N) is 1. The van der Waals surface area contributed by atoms with Gasteiger partial charge in [-0.2, -0.15) is 0 Å². The number of pyridine rings is 1. The number of thiocarbonyl (C=S) groups is 1. The Morgan fingerprint density at radius 2 is 2.14 bits per heavy atom. The van der Waals surface area contributed by atoms with Gasteiger partial charge in [0.1, 0.15) is 5.75 Å². The third-order valence-corrected chi connectivity index (χ3v) is 3.44. The largest absolute Gasteiger partial charge is 0.507 e. The Morgan fingerprint density at radius 1 is 1.48 bits per heavy atom. The van der Waals surface area contributed by atoms with Gasteiger partial charge in [-0.15, -0.1) is 0 Å². The summed E-state index contributed by atoms with van der Waals surface area (Å²) in [7, 11) is 0. The van der Waals surface area contributed by atoms with Crippen LogP contribution in [0.4, 0.5) is 0 Å². The second-order valence-electron chi connectivity index (χ2n) is 4.68. The molecule has 112 valence electrons. The number of hydrazine groups is 1. The average Bonchev–Trinajstić information content (AvgIpc) is 2.46. The third-order valence-electron chi connectivity index (χ3n) is 3.34. The minimum Gasteiger partial charge on any atom is -0.507 e. The summed E-state index contributed by atoms with van der Waals surface area (Å²) in [6.45, 7) is 4.15. The van der Waals surface area contributed by atoms with E-state index in [2.05, 4.69) is 10.9 Å². The maximum absolute atomic E-state index is 12.6. The van der Waals surface area contributed by atoms with Gasteiger partial charge in [0.2, 0.25) is 0 Å². The maximum Gasteiger partial charge on any atom is 0.259 e. The van der Waals surface area contributed by atoms with Crippen LogP contribution < -0.4 is 22.1 Å². The van der Waals surface area contributed by atoms with Crippen LogP contribution in [-0.4, -0.2) is 14.8 Å². The van der Waals surface area contributed by atoms with Crippen molar-refractivity contribution >= 4 is 28.2 Å². The van der Waals surface area contributed by atoms with Crippen LogP contribution >= 0.6 is 12.2 Å². The molecular formula is C14H18N4O2S. The monoisotopic (exact) mass is 306 g/mol. The quantitative estimate of drug-likeness (QED) is 0.500. The van der Waals surface area contributed by atoms with E-state index >= 15 is 0 Å². The first-order valence-electron chi connectivity index (χ1n) is 6.62. The fourth-order valence-electron chi connectivity index (χ4n) is 2.37. The van der Waals surface area contributed by atoms with Crippen molar-refractivity contribution in [3.05, 3.63) is 40.2 Å². The highest BCUT2D eigenvalue weighted by molar-refractivity contribution is 7.80. The number of nitrogens with two attached hydrogens (primary N) is 1. The van der Waals surface area contributed by atoms with Gasteiger partial charge in [0.05, 0.1) is 17.1 Å². The molecule has 0 unspecified atom stereocenters. The van der Waals surface area contributed by atoms with Gasteiger partial charge < -0.3 is 15.4 Å². The van der Waals surface area contributed by atoms with E-state index in [1.54, 1.807) is 17.6 Å². The Labute approximate surface area is 127 Å². The van der Waals surface area contributed by atoms with Crippen LogP contribution in [0.25, 0.3) is 10.9 Å². The van der Waals surface area contributed by atoms with Crippen molar-refractivity contribution in [3.8, 4) is 5.75 Å². The first kappa shape index (κ1) is 15.3. The van der Waals surface area contributed by atoms with E-state index in [0.29, 0.717) is 17.4 Å². The Balaban J connectivity index is 2.63. The van der Waals surface area contributed by atoms with Gasteiger partial charge in [-0.05, 0) is 38.2 Å². The van der Waals surface area contributed by atoms with Crippen molar-refractivity contribution in [1.82, 2.24) is 15.4 Å². The van der Waals surface area contributed by atoms with Crippen LogP contribution in [0.1, 0.15) is 25.5 Å². The molecule has 0 spiro atoms. The fourth-order valence-corrected chi connectivity index (χ4v) is 2.43. The highest BCUT2D eigenvalue weighted by atomic mass is 32.1. The zero-order chi connectivity index (χ0) is 15.6. The number of nitrogens with one attached hydrogen (secondary N) is 2. The van der Waals surface area contributed by atoms with Crippen LogP contribution in [0.3, 0.4) is 0 Å². The molecule has 1 atom stereocenters. The first-order valence-corrected chi connectivity index (χ1v) is 7.03. The Bertz CT molecular complexity index is 742. The molecule has 2 rings (SSSR count). The lowest BCUT2D eigenvalue weighted by molar-refractivity contribution is 0.447. The Kier molecular flexibility index (Phi) is 4.44. The van der Waals surface area contributed by atoms with Crippen molar-refractivity contribution in [2.45, 2.75) is 26.4 Å². The van der Waals surface area contributed by atoms with E-state index in [-0.39, 0.29) is 22.0 Å². The predicted molar refractivity (Wildman–Crippen MR) is 87.0 cm³/mol. The average molecular weight is 306 g/mol. The minimum atomic E-state index is -0.457. The molecule has 5 N–H and O–H groups in total. The Morgan fingerprint density at radius 3 is 2.76 bits per heavy atom. The summed E-state index contributed by atoms with van der Waals surface area (Å²) in [6, 6.07) is 6.80. The summed E-state index contributed by atoms with van der Waals surface area (Å²) < 4.78 is 1.63. The lowest BCUT2D eigenvalue weighted by atomic mass is 10.1. The molecule has 1 heterocycles. The summed E-state index contributed by atoms with van der Waals surface area (Å²) in [5.41, 5.74) is 11.5. The molecule has 0 radical (unpaired) electrons. The van der Waals surface area contributed by atoms with E-state index in [1.807, 2.05) is 25.1 Å². The SMILES string of the molecule is CCn1c(=O)c([C@@H](C)NNC(N)=S)c(O)c2ccccc21. The van der Waals surface area contributed by atoms with Gasteiger partial charge in [0, 0.05) is 11.9 Å². The number of aromatic hydroxyl groups is 1. The number of aromatic nitrogens is 1. The molecule has 0 bridgehead atoms. The molecule has 0 fully saturated rings. The molecule has 7 heteroatoms. The lowest BCUT2D eigenvalue weighted by Crippen LogP contribution is -2.43. The van der Waals surface area contributed by atoms with Gasteiger partial charge in [-0.1, -0.05) is 12.1 Å². The number of fused-ring (bicyclic) bond motifs is 1. The summed E-state index contributed by atoms with van der Waals surface area (Å²) >= 11 is 4.71. The topological polar surface area (TPSA) is 92.3 Å². The molecule has 21 heavy (non-hydrogen) atoms. The predicted octanol–water partition coefficient (Wildman–Crippen LogP) is 1.13. The molecule has 1 aromatic carbocycles. The molecule has 6 nitrogen and oxygen atoms in total. The standard InChI is InChI=1S/C14H18N4O2S/c1-3-18-10-7-5-4-6-9(10)12(19)11(13(18)20)8(2)16-17-14(15)21/h4-8,16,19H,3H2,1-2H3,(H3,15,17,21)/t8-/m1/s1. The smallest absolute Gasteiger partial charge is 0.259 e. The van der Waals surface area contributed by atoms with Crippen LogP contribution in [0.5, 0.6) is 5.75 Å². The van der Waals surface area contributed by atoms with Crippen LogP contribution in [0, 0.1) is 0 Å². The highest BCUT2D eigenvalue weighted by Crippen LogP contribution is 2.29. The minimum absolute atomic E-state index is 0.0231. The van der Waals surface area contributed by atoms with Crippen LogP contribution in [0.15, 0.2) is 29.1 Å². The highest BCUT2D eigenvalue weighted by Gasteiger charge is 2.20. The van der Waals surface area contributed by atoms with E-state index in [9.17, 15) is 9.90 Å². The number of rotatable bonds is 4. The summed E-state index contributed by atoms with van der Waals surface area (Å²) in [5, 5.41) is 11.1. The van der Waals surface area contributed by atoms with Gasteiger partial charge in [-0.25, -0.2) is 5.43 Å². The van der Waals surface area contributed by atoms with Crippen molar-refractivity contribution in [2.75, 3.05) is 0 Å². The summed E-state index contributed by atoms with van der Waals surface area (Å²) in [6.07, 6.45) is 0. The molecular weight excluding hydrogens is 288 g/mol. The molecule has 0 aliphatic carbocycles. The molecule has 0 saturated carbocycles. The molecule has 2 aromatic rings. The zero-order valence-electron chi connectivity index (χ0n) is 11.9. The zero-order valence-corrected chi connectivity index (χ0v) is 12.7. The van der Waals surface area contributed by atoms with Crippen molar-refractivity contribution in [3.63, 3.8) is 0 Å². The maximum atomic E-state index is 12.6. The van der Waals surface area contributed by atoms with E-state index in [1.165, 1.54) is 0 Å². The van der Waals surface area contributed by atoms with Crippen molar-refractivity contribution in [1.29, 1.82) is 0 Å². The van der Waals surface area contributed by atoms with E-state index in [4.69, 9.17) is 18.0 Å². The number of hydrogen-bond acceptors (Lipinski definition) is 4. The fraction of sp³-hybridized carbons (Fsp3) is 0.286. The molecule has 0 aliphatic rings. The van der Waals surface area contributed by atoms with E-state index in [0.717, 1.165) is 0 Å². The molecule has 0 aliphatic heterocycles. The number of hydrogen-bond donors (Lipinski definition) is 4. The lowest BCUT2D eigenvalue weighted by Gasteiger charge is -2.19. The van der Waals surface area contributed by atoms with Gasteiger partial charge in [-0.3, -0.25) is 10.2 Å². The second-order valence-corrected chi connectivity index (χ2v) is 5.12. The molecule has 0 amide bonds. The van der Waals surface area contributed by atoms with Crippen molar-refractivity contribution < 1.29 is 5.11 Å². The summed E-state index contributed by atoms with van der Waals surface area (Å²) in [4.78, 5) is 12.6. The number of benzene rings is 1. The number of aryl methyl sites for hydroxylation is 1. The second kappa shape index (κ2) is 6.11.